The fourth-order valence-electron chi connectivity index (χ4n) is 5.96. The minimum Gasteiger partial charge on any atom is -0.491 e. The van der Waals surface area contributed by atoms with Gasteiger partial charge >= 0.3 is 0 Å². The number of carbonyl (C=O) groups is 1. The van der Waals surface area contributed by atoms with Crippen LogP contribution in [0.15, 0.2) is 94.6 Å². The van der Waals surface area contributed by atoms with Crippen LogP contribution in [0.3, 0.4) is 0 Å². The number of amidine groups is 1. The third-order valence-corrected chi connectivity index (χ3v) is 9.67. The maximum atomic E-state index is 10.9. The van der Waals surface area contributed by atoms with Gasteiger partial charge in [-0.25, -0.2) is 0 Å². The number of nitrogens with two attached hydrogens (primary N) is 1. The van der Waals surface area contributed by atoms with Crippen molar-refractivity contribution in [3.63, 3.8) is 0 Å². The highest BCUT2D eigenvalue weighted by Gasteiger charge is 2.34. The Morgan fingerprint density at radius 1 is 0.750 bits per heavy atom. The molecule has 4 aromatic carbocycles. The van der Waals surface area contributed by atoms with E-state index in [-0.39, 0.29) is 30.3 Å². The molecule has 2 atom stereocenters. The second-order valence-electron chi connectivity index (χ2n) is 15.9. The summed E-state index contributed by atoms with van der Waals surface area (Å²) in [5.74, 6) is 2.40. The number of aromatic nitrogens is 2. The SMILES string of the molecule is CC(C)Oc1ccc(-c2noc(-c3ccc(OCC4COC(C)(C)O4)cc3)n2)cc1Cl.CC(C)Oc1ccc(/C(N)=N/O)cc1Cl.CC1(C)OCC(COc2ccc(C(=O)Cl)cc2)O1. The first-order chi connectivity index (χ1) is 30.3. The van der Waals surface area contributed by atoms with E-state index in [2.05, 4.69) is 15.3 Å². The quantitative estimate of drug-likeness (QED) is 0.0352. The van der Waals surface area contributed by atoms with Gasteiger partial charge in [0.05, 0.1) is 35.5 Å². The summed E-state index contributed by atoms with van der Waals surface area (Å²) in [4.78, 5) is 15.4. The fourth-order valence-corrected chi connectivity index (χ4v) is 6.54. The van der Waals surface area contributed by atoms with Gasteiger partial charge in [0.15, 0.2) is 17.4 Å². The summed E-state index contributed by atoms with van der Waals surface area (Å²) in [6.07, 6.45) is -0.0678. The minimum atomic E-state index is -0.556. The molecule has 15 nitrogen and oxygen atoms in total. The summed E-state index contributed by atoms with van der Waals surface area (Å²) in [7, 11) is 0. The minimum absolute atomic E-state index is 0.0213. The zero-order valence-electron chi connectivity index (χ0n) is 36.8. The molecule has 1 aromatic heterocycles. The number of hydrogen-bond acceptors (Lipinski definition) is 14. The van der Waals surface area contributed by atoms with E-state index in [1.807, 2.05) is 85.7 Å². The van der Waals surface area contributed by atoms with Crippen LogP contribution in [-0.2, 0) is 18.9 Å². The lowest BCUT2D eigenvalue weighted by Gasteiger charge is -2.17. The average molecular weight is 944 g/mol. The van der Waals surface area contributed by atoms with Crippen molar-refractivity contribution < 1.29 is 52.4 Å². The lowest BCUT2D eigenvalue weighted by atomic mass is 10.2. The summed E-state index contributed by atoms with van der Waals surface area (Å²) in [6.45, 7) is 17.1. The molecule has 3 heterocycles. The van der Waals surface area contributed by atoms with Crippen LogP contribution in [0.5, 0.6) is 23.0 Å². The van der Waals surface area contributed by atoms with E-state index >= 15 is 0 Å². The number of halogens is 3. The first-order valence-electron chi connectivity index (χ1n) is 20.3. The van der Waals surface area contributed by atoms with Gasteiger partial charge in [-0.3, -0.25) is 4.79 Å². The smallest absolute Gasteiger partial charge is 0.258 e. The molecule has 7 rings (SSSR count). The number of nitrogens with zero attached hydrogens (tertiary/aromatic N) is 3. The maximum Gasteiger partial charge on any atom is 0.258 e. The second kappa shape index (κ2) is 22.7. The van der Waals surface area contributed by atoms with E-state index < -0.39 is 16.8 Å². The van der Waals surface area contributed by atoms with Gasteiger partial charge in [0, 0.05) is 22.3 Å². The summed E-state index contributed by atoms with van der Waals surface area (Å²) >= 11 is 17.6. The highest BCUT2D eigenvalue weighted by atomic mass is 35.5. The number of hydrogen-bond donors (Lipinski definition) is 2. The molecule has 2 aliphatic rings. The van der Waals surface area contributed by atoms with Gasteiger partial charge in [-0.15, -0.1) is 0 Å². The topological polar surface area (TPSA) is 188 Å². The largest absolute Gasteiger partial charge is 0.491 e. The molecule has 0 amide bonds. The van der Waals surface area contributed by atoms with Crippen LogP contribution in [0.2, 0.25) is 10.0 Å². The van der Waals surface area contributed by atoms with Crippen molar-refractivity contribution in [1.82, 2.24) is 10.1 Å². The van der Waals surface area contributed by atoms with Gasteiger partial charge in [0.25, 0.3) is 11.1 Å². The Labute approximate surface area is 387 Å². The highest BCUT2D eigenvalue weighted by Crippen LogP contribution is 2.32. The van der Waals surface area contributed by atoms with Crippen molar-refractivity contribution in [2.75, 3.05) is 26.4 Å². The van der Waals surface area contributed by atoms with E-state index in [0.717, 1.165) is 16.9 Å². The molecule has 0 spiro atoms. The van der Waals surface area contributed by atoms with Crippen molar-refractivity contribution >= 4 is 45.9 Å². The maximum absolute atomic E-state index is 10.9. The van der Waals surface area contributed by atoms with Crippen LogP contribution >= 0.6 is 34.8 Å². The summed E-state index contributed by atoms with van der Waals surface area (Å²) in [6, 6.07) is 24.5. The van der Waals surface area contributed by atoms with Gasteiger partial charge in [-0.1, -0.05) is 33.5 Å². The predicted octanol–water partition coefficient (Wildman–Crippen LogP) is 10.2. The Balaban J connectivity index is 0.000000198. The average Bonchev–Trinajstić information content (AvgIpc) is 3.98. The standard InChI is InChI=1S/C23H25ClN2O5.C13H15ClO4.C10H13ClN2O2/c1-14(2)29-20-10-7-16(11-19(20)24)21-25-22(31-26-21)15-5-8-17(9-6-15)27-12-18-13-28-23(3,4)30-18;1-13(2)17-8-11(18-13)7-16-10-5-3-9(4-6-10)12(14)15;1-6(2)15-9-4-3-7(5-8(9)11)10(12)13-14/h5-11,14,18H,12-13H2,1-4H3;3-6,11H,7-8H2,1-2H3;3-6,14H,1-2H3,(H2,12,13). The van der Waals surface area contributed by atoms with Gasteiger partial charge in [-0.2, -0.15) is 4.98 Å². The van der Waals surface area contributed by atoms with E-state index in [4.69, 9.17) is 88.2 Å². The molecule has 18 heteroatoms. The summed E-state index contributed by atoms with van der Waals surface area (Å²) < 4.78 is 50.2. The Kier molecular flexibility index (Phi) is 17.7. The highest BCUT2D eigenvalue weighted by molar-refractivity contribution is 6.67. The predicted molar refractivity (Wildman–Crippen MR) is 243 cm³/mol. The molecular weight excluding hydrogens is 891 g/mol. The van der Waals surface area contributed by atoms with E-state index in [1.54, 1.807) is 54.6 Å². The zero-order valence-corrected chi connectivity index (χ0v) is 39.1. The third kappa shape index (κ3) is 15.3. The fraction of sp³-hybridized carbons (Fsp3) is 0.391. The Hall–Kier alpha value is -5.13. The van der Waals surface area contributed by atoms with Crippen LogP contribution in [-0.4, -0.2) is 88.8 Å². The molecule has 2 aliphatic heterocycles. The molecule has 5 aromatic rings. The Morgan fingerprint density at radius 3 is 1.66 bits per heavy atom. The first kappa shape index (κ1) is 49.9. The molecule has 2 unspecified atom stereocenters. The first-order valence-corrected chi connectivity index (χ1v) is 21.5. The van der Waals surface area contributed by atoms with Crippen molar-refractivity contribution in [1.29, 1.82) is 0 Å². The molecule has 2 saturated heterocycles. The lowest BCUT2D eigenvalue weighted by molar-refractivity contribution is -0.141. The van der Waals surface area contributed by atoms with Gasteiger partial charge in [0.1, 0.15) is 48.4 Å². The number of carbonyl (C=O) groups excluding carboxylic acids is 1. The van der Waals surface area contributed by atoms with Gasteiger partial charge in [0.2, 0.25) is 5.82 Å². The van der Waals surface area contributed by atoms with Crippen molar-refractivity contribution in [2.24, 2.45) is 10.9 Å². The van der Waals surface area contributed by atoms with Crippen molar-refractivity contribution in [2.45, 2.75) is 91.4 Å². The van der Waals surface area contributed by atoms with E-state index in [0.29, 0.717) is 76.6 Å². The monoisotopic (exact) mass is 942 g/mol. The molecule has 0 radical (unpaired) electrons. The van der Waals surface area contributed by atoms with E-state index in [9.17, 15) is 4.79 Å². The number of ether oxygens (including phenoxy) is 8. The molecular formula is C46H53Cl3N4O11. The van der Waals surface area contributed by atoms with Crippen molar-refractivity contribution in [3.8, 4) is 45.8 Å². The molecule has 64 heavy (non-hydrogen) atoms. The second-order valence-corrected chi connectivity index (χ2v) is 17.0. The van der Waals surface area contributed by atoms with Gasteiger partial charge < -0.3 is 53.4 Å². The summed E-state index contributed by atoms with van der Waals surface area (Å²) in [5, 5.41) is 15.9. The number of rotatable bonds is 14. The van der Waals surface area contributed by atoms with Crippen LogP contribution < -0.4 is 24.7 Å². The zero-order chi connectivity index (χ0) is 46.6. The van der Waals surface area contributed by atoms with Crippen LogP contribution in [0.4, 0.5) is 0 Å². The number of oxime groups is 1. The Morgan fingerprint density at radius 2 is 1.22 bits per heavy atom. The lowest BCUT2D eigenvalue weighted by Crippen LogP contribution is -2.25. The molecule has 0 bridgehead atoms. The molecule has 0 aliphatic carbocycles. The molecule has 2 fully saturated rings. The molecule has 3 N–H and O–H groups in total. The Bertz CT molecular complexity index is 2320. The van der Waals surface area contributed by atoms with Crippen LogP contribution in [0.1, 0.15) is 71.3 Å². The van der Waals surface area contributed by atoms with Crippen LogP contribution in [0, 0.1) is 0 Å². The molecule has 344 valence electrons. The van der Waals surface area contributed by atoms with Crippen molar-refractivity contribution in [3.05, 3.63) is 106 Å². The van der Waals surface area contributed by atoms with Gasteiger partial charge in [-0.05, 0) is 152 Å². The molecule has 0 saturated carbocycles. The third-order valence-electron chi connectivity index (χ3n) is 8.87. The summed E-state index contributed by atoms with van der Waals surface area (Å²) in [5.41, 5.74) is 7.96. The normalized spacial score (nSPS) is 17.5. The number of benzene rings is 4. The van der Waals surface area contributed by atoms with E-state index in [1.165, 1.54) is 0 Å². The van der Waals surface area contributed by atoms with Crippen LogP contribution in [0.25, 0.3) is 22.8 Å².